The Morgan fingerprint density at radius 3 is 3.00 bits per heavy atom. The number of carbonyl (C=O) groups excluding carboxylic acids is 1. The number of nitrogens with two attached hydrogens (primary N) is 1. The maximum Gasteiger partial charge on any atom is 0.248 e. The van der Waals surface area contributed by atoms with Gasteiger partial charge < -0.3 is 16.2 Å². The molecular formula is C7H9FN4O2. The zero-order valence-electron chi connectivity index (χ0n) is 7.14. The van der Waals surface area contributed by atoms with Gasteiger partial charge in [-0.1, -0.05) is 0 Å². The molecule has 0 bridgehead atoms. The van der Waals surface area contributed by atoms with Crippen molar-refractivity contribution in [2.45, 2.75) is 6.10 Å². The number of rotatable bonds is 4. The summed E-state index contributed by atoms with van der Waals surface area (Å²) in [7, 11) is 0. The van der Waals surface area contributed by atoms with E-state index in [1.54, 1.807) is 0 Å². The SMILES string of the molecule is NC(=O)C(O)CNc1cncc(F)n1. The van der Waals surface area contributed by atoms with E-state index in [-0.39, 0.29) is 12.4 Å². The minimum absolute atomic E-state index is 0.130. The molecule has 1 aromatic rings. The Morgan fingerprint density at radius 1 is 1.71 bits per heavy atom. The fourth-order valence-corrected chi connectivity index (χ4v) is 0.729. The minimum Gasteiger partial charge on any atom is -0.381 e. The summed E-state index contributed by atoms with van der Waals surface area (Å²) in [5, 5.41) is 11.5. The summed E-state index contributed by atoms with van der Waals surface area (Å²) in [6.45, 7) is -0.131. The highest BCUT2D eigenvalue weighted by molar-refractivity contribution is 5.79. The number of aromatic nitrogens is 2. The number of carbonyl (C=O) groups is 1. The summed E-state index contributed by atoms with van der Waals surface area (Å²) in [4.78, 5) is 17.3. The van der Waals surface area contributed by atoms with Crippen LogP contribution in [0.1, 0.15) is 0 Å². The minimum atomic E-state index is -1.33. The van der Waals surface area contributed by atoms with Crippen LogP contribution in [0.15, 0.2) is 12.4 Å². The molecule has 4 N–H and O–H groups in total. The number of primary amides is 1. The van der Waals surface area contributed by atoms with Crippen molar-refractivity contribution in [1.29, 1.82) is 0 Å². The van der Waals surface area contributed by atoms with Crippen LogP contribution in [0.4, 0.5) is 10.2 Å². The molecule has 1 unspecified atom stereocenters. The number of halogens is 1. The van der Waals surface area contributed by atoms with E-state index in [2.05, 4.69) is 15.3 Å². The molecule has 1 rings (SSSR count). The number of aliphatic hydroxyl groups excluding tert-OH is 1. The number of anilines is 1. The maximum atomic E-state index is 12.5. The van der Waals surface area contributed by atoms with Gasteiger partial charge in [-0.15, -0.1) is 0 Å². The molecule has 0 spiro atoms. The van der Waals surface area contributed by atoms with E-state index < -0.39 is 18.0 Å². The molecule has 7 heteroatoms. The summed E-state index contributed by atoms with van der Waals surface area (Å²) in [6.07, 6.45) is 0.868. The van der Waals surface area contributed by atoms with Gasteiger partial charge in [0.1, 0.15) is 11.9 Å². The van der Waals surface area contributed by atoms with Crippen LogP contribution in [-0.2, 0) is 4.79 Å². The fourth-order valence-electron chi connectivity index (χ4n) is 0.729. The van der Waals surface area contributed by atoms with Crippen molar-refractivity contribution in [2.75, 3.05) is 11.9 Å². The van der Waals surface area contributed by atoms with Crippen molar-refractivity contribution < 1.29 is 14.3 Å². The number of nitrogens with one attached hydrogen (secondary N) is 1. The molecule has 0 aliphatic rings. The first-order chi connectivity index (χ1) is 6.59. The van der Waals surface area contributed by atoms with Crippen LogP contribution in [0.5, 0.6) is 0 Å². The van der Waals surface area contributed by atoms with Gasteiger partial charge in [0.25, 0.3) is 0 Å². The van der Waals surface area contributed by atoms with Crippen molar-refractivity contribution in [1.82, 2.24) is 9.97 Å². The van der Waals surface area contributed by atoms with E-state index in [0.717, 1.165) is 6.20 Å². The average molecular weight is 200 g/mol. The van der Waals surface area contributed by atoms with E-state index in [9.17, 15) is 9.18 Å². The van der Waals surface area contributed by atoms with Gasteiger partial charge >= 0.3 is 0 Å². The Hall–Kier alpha value is -1.76. The Labute approximate surface area is 79.0 Å². The van der Waals surface area contributed by atoms with Gasteiger partial charge in [0.05, 0.1) is 18.9 Å². The lowest BCUT2D eigenvalue weighted by molar-refractivity contribution is -0.125. The molecule has 76 valence electrons. The van der Waals surface area contributed by atoms with Gasteiger partial charge in [-0.3, -0.25) is 9.78 Å². The second-order valence-electron chi connectivity index (χ2n) is 2.53. The number of hydrogen-bond acceptors (Lipinski definition) is 5. The molecule has 14 heavy (non-hydrogen) atoms. The first-order valence-corrected chi connectivity index (χ1v) is 3.78. The van der Waals surface area contributed by atoms with Crippen LogP contribution in [0.25, 0.3) is 0 Å². The third-order valence-corrected chi connectivity index (χ3v) is 1.41. The smallest absolute Gasteiger partial charge is 0.248 e. The predicted octanol–water partition coefficient (Wildman–Crippen LogP) is -1.13. The van der Waals surface area contributed by atoms with Crippen LogP contribution in [0, 0.1) is 5.95 Å². The largest absolute Gasteiger partial charge is 0.381 e. The molecule has 1 aromatic heterocycles. The molecule has 0 radical (unpaired) electrons. The van der Waals surface area contributed by atoms with Gasteiger partial charge in [-0.25, -0.2) is 0 Å². The van der Waals surface area contributed by atoms with Crippen molar-refractivity contribution in [3.63, 3.8) is 0 Å². The molecule has 6 nitrogen and oxygen atoms in total. The Kier molecular flexibility index (Phi) is 3.29. The van der Waals surface area contributed by atoms with Crippen LogP contribution < -0.4 is 11.1 Å². The van der Waals surface area contributed by atoms with Gasteiger partial charge in [-0.2, -0.15) is 9.37 Å². The molecule has 0 saturated heterocycles. The Morgan fingerprint density at radius 2 is 2.43 bits per heavy atom. The van der Waals surface area contributed by atoms with E-state index in [4.69, 9.17) is 10.8 Å². The van der Waals surface area contributed by atoms with E-state index in [0.29, 0.717) is 0 Å². The van der Waals surface area contributed by atoms with Gasteiger partial charge in [0.2, 0.25) is 11.9 Å². The normalized spacial score (nSPS) is 12.1. The lowest BCUT2D eigenvalue weighted by atomic mass is 10.3. The summed E-state index contributed by atoms with van der Waals surface area (Å²) in [5.41, 5.74) is 4.79. The van der Waals surface area contributed by atoms with Crippen LogP contribution >= 0.6 is 0 Å². The first-order valence-electron chi connectivity index (χ1n) is 3.78. The van der Waals surface area contributed by atoms with Crippen molar-refractivity contribution >= 4 is 11.7 Å². The lowest BCUT2D eigenvalue weighted by Crippen LogP contribution is -2.34. The van der Waals surface area contributed by atoms with Crippen LogP contribution in [0.2, 0.25) is 0 Å². The van der Waals surface area contributed by atoms with Crippen LogP contribution in [0.3, 0.4) is 0 Å². The number of aliphatic hydroxyl groups is 1. The highest BCUT2D eigenvalue weighted by Gasteiger charge is 2.10. The zero-order valence-corrected chi connectivity index (χ0v) is 7.14. The van der Waals surface area contributed by atoms with E-state index in [1.165, 1.54) is 6.20 Å². The zero-order chi connectivity index (χ0) is 10.6. The lowest BCUT2D eigenvalue weighted by Gasteiger charge is -2.07. The predicted molar refractivity (Wildman–Crippen MR) is 45.7 cm³/mol. The first kappa shape index (κ1) is 10.3. The second kappa shape index (κ2) is 4.47. The third-order valence-electron chi connectivity index (χ3n) is 1.41. The molecule has 0 saturated carbocycles. The van der Waals surface area contributed by atoms with E-state index >= 15 is 0 Å². The number of nitrogens with zero attached hydrogens (tertiary/aromatic N) is 2. The van der Waals surface area contributed by atoms with Crippen molar-refractivity contribution in [3.8, 4) is 0 Å². The summed E-state index contributed by atoms with van der Waals surface area (Å²) < 4.78 is 12.5. The summed E-state index contributed by atoms with van der Waals surface area (Å²) in [5.74, 6) is -1.48. The summed E-state index contributed by atoms with van der Waals surface area (Å²) in [6, 6.07) is 0. The highest BCUT2D eigenvalue weighted by Crippen LogP contribution is 2.00. The topological polar surface area (TPSA) is 101 Å². The average Bonchev–Trinajstić information content (AvgIpc) is 2.14. The molecule has 1 atom stereocenters. The molecule has 1 heterocycles. The van der Waals surface area contributed by atoms with Gasteiger partial charge in [0.15, 0.2) is 0 Å². The number of hydrogen-bond donors (Lipinski definition) is 3. The van der Waals surface area contributed by atoms with E-state index in [1.807, 2.05) is 0 Å². The molecule has 0 aliphatic carbocycles. The van der Waals surface area contributed by atoms with Gasteiger partial charge in [0, 0.05) is 0 Å². The molecular weight excluding hydrogens is 191 g/mol. The van der Waals surface area contributed by atoms with Gasteiger partial charge in [-0.05, 0) is 0 Å². The quantitative estimate of drug-likeness (QED) is 0.571. The highest BCUT2D eigenvalue weighted by atomic mass is 19.1. The number of amides is 1. The second-order valence-corrected chi connectivity index (χ2v) is 2.53. The summed E-state index contributed by atoms with van der Waals surface area (Å²) >= 11 is 0. The van der Waals surface area contributed by atoms with Crippen molar-refractivity contribution in [2.24, 2.45) is 5.73 Å². The monoisotopic (exact) mass is 200 g/mol. The fraction of sp³-hybridized carbons (Fsp3) is 0.286. The molecule has 1 amide bonds. The third kappa shape index (κ3) is 2.94. The molecule has 0 aliphatic heterocycles. The Bertz CT molecular complexity index is 333. The maximum absolute atomic E-state index is 12.5. The molecule has 0 fully saturated rings. The molecule has 0 aromatic carbocycles. The van der Waals surface area contributed by atoms with Crippen molar-refractivity contribution in [3.05, 3.63) is 18.3 Å². The Balaban J connectivity index is 2.49. The standard InChI is InChI=1S/C7H9FN4O2/c8-5-2-10-3-6(12-5)11-1-4(13)7(9)14/h2-4,13H,1H2,(H2,9,14)(H,11,12). The van der Waals surface area contributed by atoms with Crippen LogP contribution in [-0.4, -0.2) is 33.6 Å².